The Labute approximate surface area is 107 Å². The first-order chi connectivity index (χ1) is 7.29. The van der Waals surface area contributed by atoms with Crippen LogP contribution in [0.15, 0.2) is 18.2 Å². The van der Waals surface area contributed by atoms with Crippen LogP contribution in [0.4, 0.5) is 17.6 Å². The summed E-state index contributed by atoms with van der Waals surface area (Å²) in [4.78, 5) is 0. The smallest absolute Gasteiger partial charge is 0.324 e. The zero-order valence-electron chi connectivity index (χ0n) is 8.60. The van der Waals surface area contributed by atoms with Crippen molar-refractivity contribution in [2.75, 3.05) is 0 Å². The molecule has 0 bridgehead atoms. The lowest BCUT2D eigenvalue weighted by Gasteiger charge is -2.13. The van der Waals surface area contributed by atoms with Gasteiger partial charge in [0, 0.05) is 12.5 Å². The zero-order chi connectivity index (χ0) is 12.3. The second-order valence-corrected chi connectivity index (χ2v) is 3.84. The molecule has 1 aromatic rings. The van der Waals surface area contributed by atoms with E-state index in [1.54, 1.807) is 0 Å². The van der Waals surface area contributed by atoms with Crippen molar-refractivity contribution in [2.24, 2.45) is 5.73 Å². The molecule has 0 aromatic heterocycles. The molecule has 0 spiro atoms. The molecule has 0 heterocycles. The minimum absolute atomic E-state index is 0. The predicted molar refractivity (Wildman–Crippen MR) is 60.9 cm³/mol. The summed E-state index contributed by atoms with van der Waals surface area (Å²) in [6.07, 6.45) is -5.51. The Morgan fingerprint density at radius 3 is 2.35 bits per heavy atom. The topological polar surface area (TPSA) is 26.0 Å². The molecule has 1 nitrogen and oxygen atoms in total. The number of nitrogens with two attached hydrogens (primary N) is 1. The van der Waals surface area contributed by atoms with Crippen LogP contribution in [0.25, 0.3) is 0 Å². The molecule has 1 aromatic carbocycles. The van der Waals surface area contributed by atoms with Crippen LogP contribution >= 0.6 is 24.0 Å². The van der Waals surface area contributed by atoms with Gasteiger partial charge in [-0.25, -0.2) is 4.39 Å². The lowest BCUT2D eigenvalue weighted by atomic mass is 10.0. The molecule has 1 rings (SSSR count). The van der Waals surface area contributed by atoms with E-state index in [0.29, 0.717) is 5.56 Å². The summed E-state index contributed by atoms with van der Waals surface area (Å²) >= 11 is 5.44. The molecule has 98 valence electrons. The minimum Gasteiger partial charge on any atom is -0.324 e. The van der Waals surface area contributed by atoms with Gasteiger partial charge in [0.05, 0.1) is 5.02 Å². The van der Waals surface area contributed by atoms with E-state index < -0.39 is 24.5 Å². The average Bonchev–Trinajstić information content (AvgIpc) is 2.17. The molecule has 0 saturated heterocycles. The molecule has 1 atom stereocenters. The highest BCUT2D eigenvalue weighted by atomic mass is 35.5. The first kappa shape index (κ1) is 16.5. The quantitative estimate of drug-likeness (QED) is 0.828. The van der Waals surface area contributed by atoms with Crippen molar-refractivity contribution < 1.29 is 17.6 Å². The summed E-state index contributed by atoms with van der Waals surface area (Å²) in [5.41, 5.74) is 5.82. The van der Waals surface area contributed by atoms with Crippen molar-refractivity contribution in [3.63, 3.8) is 0 Å². The molecule has 0 unspecified atom stereocenters. The second kappa shape index (κ2) is 6.42. The molecule has 0 radical (unpaired) electrons. The van der Waals surface area contributed by atoms with Gasteiger partial charge in [0.15, 0.2) is 0 Å². The molecule has 0 aliphatic heterocycles. The number of benzene rings is 1. The lowest BCUT2D eigenvalue weighted by molar-refractivity contribution is -0.136. The van der Waals surface area contributed by atoms with Crippen molar-refractivity contribution >= 4 is 24.0 Å². The summed E-state index contributed by atoms with van der Waals surface area (Å²) in [6, 6.07) is 2.92. The molecule has 0 fully saturated rings. The fourth-order valence-electron chi connectivity index (χ4n) is 1.23. The zero-order valence-corrected chi connectivity index (χ0v) is 10.2. The molecule has 0 amide bonds. The van der Waals surface area contributed by atoms with Gasteiger partial charge in [-0.05, 0) is 24.1 Å². The average molecular weight is 292 g/mol. The second-order valence-electron chi connectivity index (χ2n) is 3.43. The van der Waals surface area contributed by atoms with Crippen molar-refractivity contribution in [1.82, 2.24) is 0 Å². The van der Waals surface area contributed by atoms with E-state index in [1.165, 1.54) is 12.1 Å². The lowest BCUT2D eigenvalue weighted by Crippen LogP contribution is -2.15. The third-order valence-corrected chi connectivity index (χ3v) is 2.42. The number of alkyl halides is 3. The first-order valence-corrected chi connectivity index (χ1v) is 4.94. The first-order valence-electron chi connectivity index (χ1n) is 4.57. The fraction of sp³-hybridized carbons (Fsp3) is 0.400. The van der Waals surface area contributed by atoms with Crippen molar-refractivity contribution in [1.29, 1.82) is 0 Å². The van der Waals surface area contributed by atoms with Crippen molar-refractivity contribution in [3.8, 4) is 0 Å². The van der Waals surface area contributed by atoms with Crippen LogP contribution < -0.4 is 5.73 Å². The summed E-state index contributed by atoms with van der Waals surface area (Å²) < 4.78 is 48.8. The van der Waals surface area contributed by atoms with Crippen LogP contribution in [0.2, 0.25) is 5.02 Å². The summed E-state index contributed by atoms with van der Waals surface area (Å²) in [6.45, 7) is 0. The van der Waals surface area contributed by atoms with Gasteiger partial charge >= 0.3 is 6.18 Å². The normalized spacial score (nSPS) is 13.1. The van der Waals surface area contributed by atoms with E-state index in [1.807, 2.05) is 0 Å². The Morgan fingerprint density at radius 1 is 1.29 bits per heavy atom. The summed E-state index contributed by atoms with van der Waals surface area (Å²) in [5, 5.41) is -0.0771. The fourth-order valence-corrected chi connectivity index (χ4v) is 1.35. The van der Waals surface area contributed by atoms with Crippen LogP contribution in [-0.4, -0.2) is 6.18 Å². The summed E-state index contributed by atoms with van der Waals surface area (Å²) in [7, 11) is 0. The van der Waals surface area contributed by atoms with Gasteiger partial charge in [0.2, 0.25) is 0 Å². The van der Waals surface area contributed by atoms with E-state index in [4.69, 9.17) is 17.3 Å². The van der Waals surface area contributed by atoms with Crippen LogP contribution in [-0.2, 0) is 0 Å². The maximum atomic E-state index is 13.0. The van der Waals surface area contributed by atoms with E-state index in [-0.39, 0.29) is 23.9 Å². The molecular formula is C10H11Cl2F4N. The van der Waals surface area contributed by atoms with Gasteiger partial charge in [-0.1, -0.05) is 17.7 Å². The largest absolute Gasteiger partial charge is 0.389 e. The number of hydrogen-bond donors (Lipinski definition) is 1. The number of halogens is 6. The Bertz CT molecular complexity index is 368. The highest BCUT2D eigenvalue weighted by molar-refractivity contribution is 6.30. The van der Waals surface area contributed by atoms with Gasteiger partial charge in [0.1, 0.15) is 5.82 Å². The number of hydrogen-bond acceptors (Lipinski definition) is 1. The van der Waals surface area contributed by atoms with Crippen molar-refractivity contribution in [3.05, 3.63) is 34.6 Å². The maximum Gasteiger partial charge on any atom is 0.389 e. The molecule has 0 aliphatic carbocycles. The maximum absolute atomic E-state index is 13.0. The summed E-state index contributed by atoms with van der Waals surface area (Å²) in [5.74, 6) is -0.679. The van der Waals surface area contributed by atoms with E-state index in [0.717, 1.165) is 6.07 Å². The standard InChI is InChI=1S/C10H10ClF4N.ClH/c11-7-2-1-6(5-8(7)12)9(16)3-4-10(13,14)15;/h1-2,5,9H,3-4,16H2;1H/t9-;/m1./s1. The Morgan fingerprint density at radius 2 is 1.88 bits per heavy atom. The van der Waals surface area contributed by atoms with E-state index >= 15 is 0 Å². The monoisotopic (exact) mass is 291 g/mol. The predicted octanol–water partition coefficient (Wildman–Crippen LogP) is 4.24. The minimum atomic E-state index is -4.25. The number of rotatable bonds is 3. The van der Waals surface area contributed by atoms with Crippen LogP contribution in [0, 0.1) is 5.82 Å². The molecule has 0 saturated carbocycles. The van der Waals surface area contributed by atoms with E-state index in [2.05, 4.69) is 0 Å². The van der Waals surface area contributed by atoms with Crippen LogP contribution in [0.5, 0.6) is 0 Å². The molecular weight excluding hydrogens is 281 g/mol. The van der Waals surface area contributed by atoms with Crippen molar-refractivity contribution in [2.45, 2.75) is 25.1 Å². The van der Waals surface area contributed by atoms with Gasteiger partial charge in [-0.3, -0.25) is 0 Å². The molecule has 17 heavy (non-hydrogen) atoms. The third-order valence-electron chi connectivity index (χ3n) is 2.11. The van der Waals surface area contributed by atoms with Crippen LogP contribution in [0.1, 0.15) is 24.4 Å². The molecule has 7 heteroatoms. The van der Waals surface area contributed by atoms with Gasteiger partial charge in [-0.2, -0.15) is 13.2 Å². The highest BCUT2D eigenvalue weighted by Crippen LogP contribution is 2.27. The van der Waals surface area contributed by atoms with Gasteiger partial charge in [-0.15, -0.1) is 12.4 Å². The Kier molecular flexibility index (Phi) is 6.23. The third kappa shape index (κ3) is 5.57. The molecule has 2 N–H and O–H groups in total. The van der Waals surface area contributed by atoms with Gasteiger partial charge in [0.25, 0.3) is 0 Å². The Balaban J connectivity index is 0.00000256. The SMILES string of the molecule is Cl.N[C@H](CCC(F)(F)F)c1ccc(Cl)c(F)c1. The van der Waals surface area contributed by atoms with E-state index in [9.17, 15) is 17.6 Å². The highest BCUT2D eigenvalue weighted by Gasteiger charge is 2.27. The molecule has 0 aliphatic rings. The van der Waals surface area contributed by atoms with Crippen LogP contribution in [0.3, 0.4) is 0 Å². The Hall–Kier alpha value is -0.520. The van der Waals surface area contributed by atoms with Gasteiger partial charge < -0.3 is 5.73 Å².